The molecular formula is C26H28N2O2. The van der Waals surface area contributed by atoms with Gasteiger partial charge in [0.2, 0.25) is 0 Å². The van der Waals surface area contributed by atoms with Crippen molar-refractivity contribution in [1.82, 2.24) is 5.32 Å². The molecule has 0 spiro atoms. The van der Waals surface area contributed by atoms with Gasteiger partial charge in [-0.25, -0.2) is 4.79 Å². The van der Waals surface area contributed by atoms with Crippen LogP contribution in [0.3, 0.4) is 0 Å². The monoisotopic (exact) mass is 400 g/mol. The second kappa shape index (κ2) is 9.14. The molecule has 1 heterocycles. The molecule has 0 saturated carbocycles. The van der Waals surface area contributed by atoms with Crippen LogP contribution in [-0.4, -0.2) is 24.8 Å². The van der Waals surface area contributed by atoms with Gasteiger partial charge in [-0.2, -0.15) is 0 Å². The zero-order valence-corrected chi connectivity index (χ0v) is 17.5. The van der Waals surface area contributed by atoms with Gasteiger partial charge >= 0.3 is 6.09 Å². The summed E-state index contributed by atoms with van der Waals surface area (Å²) in [6.07, 6.45) is 0.210. The molecule has 1 aliphatic heterocycles. The van der Waals surface area contributed by atoms with Gasteiger partial charge in [-0.15, -0.1) is 0 Å². The summed E-state index contributed by atoms with van der Waals surface area (Å²) in [7, 11) is 0. The van der Waals surface area contributed by atoms with Gasteiger partial charge < -0.3 is 10.1 Å². The highest BCUT2D eigenvalue weighted by Crippen LogP contribution is 2.33. The molecule has 2 atom stereocenters. The van der Waals surface area contributed by atoms with Crippen LogP contribution in [0.2, 0.25) is 0 Å². The predicted octanol–water partition coefficient (Wildman–Crippen LogP) is 5.41. The Bertz CT molecular complexity index is 923. The topological polar surface area (TPSA) is 50.4 Å². The Balaban J connectivity index is 1.47. The third kappa shape index (κ3) is 4.89. The summed E-state index contributed by atoms with van der Waals surface area (Å²) in [6, 6.07) is 27.0. The molecule has 0 aliphatic carbocycles. The van der Waals surface area contributed by atoms with E-state index in [1.165, 1.54) is 22.3 Å². The van der Waals surface area contributed by atoms with E-state index in [0.717, 1.165) is 12.1 Å². The van der Waals surface area contributed by atoms with Crippen LogP contribution in [0.5, 0.6) is 0 Å². The first-order valence-corrected chi connectivity index (χ1v) is 10.5. The largest absolute Gasteiger partial charge is 0.445 e. The normalized spacial score (nSPS) is 18.4. The van der Waals surface area contributed by atoms with E-state index in [9.17, 15) is 4.79 Å². The maximum atomic E-state index is 12.3. The summed E-state index contributed by atoms with van der Waals surface area (Å²) in [4.78, 5) is 12.3. The minimum atomic E-state index is -0.407. The van der Waals surface area contributed by atoms with Gasteiger partial charge in [0.15, 0.2) is 0 Å². The van der Waals surface area contributed by atoms with Crippen LogP contribution in [0.25, 0.3) is 0 Å². The van der Waals surface area contributed by atoms with Gasteiger partial charge in [0.05, 0.1) is 0 Å². The first kappa shape index (κ1) is 20.2. The minimum absolute atomic E-state index is 0.155. The van der Waals surface area contributed by atoms with Crippen molar-refractivity contribution in [3.8, 4) is 0 Å². The fraction of sp³-hybridized carbons (Fsp3) is 0.269. The minimum Gasteiger partial charge on any atom is -0.445 e. The standard InChI is InChI=1S/C26H28N2O2/c1-18-8-12-20(13-9-18)25(21-14-10-19(2)11-15-21)24-16-23(17-27-24)30-26(29)28-22-6-4-3-5-7-22/h3-15,23-25,27H,16-17H2,1-2H3,(H,28,29). The highest BCUT2D eigenvalue weighted by molar-refractivity contribution is 5.84. The molecule has 154 valence electrons. The summed E-state index contributed by atoms with van der Waals surface area (Å²) >= 11 is 0. The number of amides is 1. The molecule has 3 aromatic carbocycles. The van der Waals surface area contributed by atoms with Gasteiger partial charge in [0.1, 0.15) is 6.10 Å². The third-order valence-corrected chi connectivity index (χ3v) is 5.69. The van der Waals surface area contributed by atoms with Gasteiger partial charge in [0, 0.05) is 30.6 Å². The number of aryl methyl sites for hydroxylation is 2. The Morgan fingerprint density at radius 2 is 1.47 bits per heavy atom. The summed E-state index contributed by atoms with van der Waals surface area (Å²) in [6.45, 7) is 4.86. The number of carbonyl (C=O) groups excluding carboxylic acids is 1. The second-order valence-corrected chi connectivity index (χ2v) is 8.07. The molecule has 1 saturated heterocycles. The molecule has 1 amide bonds. The van der Waals surface area contributed by atoms with Crippen molar-refractivity contribution < 1.29 is 9.53 Å². The average molecular weight is 401 g/mol. The molecule has 2 unspecified atom stereocenters. The van der Waals surface area contributed by atoms with Crippen molar-refractivity contribution in [2.45, 2.75) is 38.3 Å². The number of hydrogen-bond acceptors (Lipinski definition) is 3. The molecule has 1 aliphatic rings. The quantitative estimate of drug-likeness (QED) is 0.602. The van der Waals surface area contributed by atoms with Crippen LogP contribution in [0.4, 0.5) is 10.5 Å². The van der Waals surface area contributed by atoms with E-state index >= 15 is 0 Å². The van der Waals surface area contributed by atoms with E-state index in [1.54, 1.807) is 0 Å². The van der Waals surface area contributed by atoms with Gasteiger partial charge in [-0.1, -0.05) is 77.9 Å². The Kier molecular flexibility index (Phi) is 6.15. The second-order valence-electron chi connectivity index (χ2n) is 8.07. The van der Waals surface area contributed by atoms with Crippen molar-refractivity contribution in [3.05, 3.63) is 101 Å². The van der Waals surface area contributed by atoms with Gasteiger partial charge in [-0.3, -0.25) is 5.32 Å². The summed E-state index contributed by atoms with van der Waals surface area (Å²) in [5.41, 5.74) is 5.79. The van der Waals surface area contributed by atoms with E-state index in [0.29, 0.717) is 6.54 Å². The molecule has 0 aromatic heterocycles. The van der Waals surface area contributed by atoms with Crippen LogP contribution in [0.1, 0.15) is 34.6 Å². The fourth-order valence-corrected chi connectivity index (χ4v) is 4.10. The van der Waals surface area contributed by atoms with Crippen LogP contribution < -0.4 is 10.6 Å². The van der Waals surface area contributed by atoms with Crippen LogP contribution in [-0.2, 0) is 4.74 Å². The summed E-state index contributed by atoms with van der Waals surface area (Å²) < 4.78 is 5.69. The van der Waals surface area contributed by atoms with E-state index < -0.39 is 6.09 Å². The van der Waals surface area contributed by atoms with Crippen LogP contribution >= 0.6 is 0 Å². The van der Waals surface area contributed by atoms with Crippen molar-refractivity contribution in [2.24, 2.45) is 0 Å². The number of carbonyl (C=O) groups is 1. The first-order chi connectivity index (χ1) is 14.6. The molecule has 0 radical (unpaired) electrons. The van der Waals surface area contributed by atoms with E-state index in [-0.39, 0.29) is 18.1 Å². The zero-order valence-electron chi connectivity index (χ0n) is 17.5. The van der Waals surface area contributed by atoms with Crippen LogP contribution in [0, 0.1) is 13.8 Å². The lowest BCUT2D eigenvalue weighted by molar-refractivity contribution is 0.119. The Hall–Kier alpha value is -3.11. The number of para-hydroxylation sites is 1. The molecule has 3 aromatic rings. The van der Waals surface area contributed by atoms with E-state index in [1.807, 2.05) is 30.3 Å². The summed E-state index contributed by atoms with van der Waals surface area (Å²) in [5.74, 6) is 0.206. The number of ether oxygens (including phenoxy) is 1. The van der Waals surface area contributed by atoms with Gasteiger partial charge in [-0.05, 0) is 37.1 Å². The Morgan fingerprint density at radius 1 is 0.900 bits per heavy atom. The molecule has 4 rings (SSSR count). The number of anilines is 1. The van der Waals surface area contributed by atoms with Crippen molar-refractivity contribution in [3.63, 3.8) is 0 Å². The zero-order chi connectivity index (χ0) is 20.9. The van der Waals surface area contributed by atoms with Crippen molar-refractivity contribution >= 4 is 11.8 Å². The van der Waals surface area contributed by atoms with E-state index in [2.05, 4.69) is 73.0 Å². The molecule has 4 nitrogen and oxygen atoms in total. The molecule has 30 heavy (non-hydrogen) atoms. The van der Waals surface area contributed by atoms with E-state index in [4.69, 9.17) is 4.74 Å². The molecule has 4 heteroatoms. The fourth-order valence-electron chi connectivity index (χ4n) is 4.10. The predicted molar refractivity (Wildman–Crippen MR) is 121 cm³/mol. The smallest absolute Gasteiger partial charge is 0.411 e. The lowest BCUT2D eigenvalue weighted by Crippen LogP contribution is -2.29. The molecule has 2 N–H and O–H groups in total. The Labute approximate surface area is 178 Å². The lowest BCUT2D eigenvalue weighted by Gasteiger charge is -2.25. The summed E-state index contributed by atoms with van der Waals surface area (Å²) in [5, 5.41) is 6.40. The lowest BCUT2D eigenvalue weighted by atomic mass is 9.83. The SMILES string of the molecule is Cc1ccc(C(c2ccc(C)cc2)C2CC(OC(=O)Nc3ccccc3)CN2)cc1. The van der Waals surface area contributed by atoms with Gasteiger partial charge in [0.25, 0.3) is 0 Å². The number of nitrogens with one attached hydrogen (secondary N) is 2. The highest BCUT2D eigenvalue weighted by atomic mass is 16.6. The average Bonchev–Trinajstić information content (AvgIpc) is 3.19. The first-order valence-electron chi connectivity index (χ1n) is 10.5. The maximum absolute atomic E-state index is 12.3. The highest BCUT2D eigenvalue weighted by Gasteiger charge is 2.34. The Morgan fingerprint density at radius 3 is 2.03 bits per heavy atom. The number of benzene rings is 3. The maximum Gasteiger partial charge on any atom is 0.411 e. The van der Waals surface area contributed by atoms with Crippen molar-refractivity contribution in [2.75, 3.05) is 11.9 Å². The number of rotatable bonds is 5. The molecule has 1 fully saturated rings. The van der Waals surface area contributed by atoms with Crippen molar-refractivity contribution in [1.29, 1.82) is 0 Å². The molecule has 0 bridgehead atoms. The van der Waals surface area contributed by atoms with Crippen LogP contribution in [0.15, 0.2) is 78.9 Å². The third-order valence-electron chi connectivity index (χ3n) is 5.69. The molecular weight excluding hydrogens is 372 g/mol. The number of hydrogen-bond donors (Lipinski definition) is 2.